The van der Waals surface area contributed by atoms with Crippen molar-refractivity contribution in [2.45, 2.75) is 19.8 Å². The van der Waals surface area contributed by atoms with Crippen molar-refractivity contribution in [1.29, 1.82) is 0 Å². The van der Waals surface area contributed by atoms with E-state index in [1.807, 2.05) is 0 Å². The molecule has 2 aromatic heterocycles. The molecular weight excluding hydrogens is 639 g/mol. The van der Waals surface area contributed by atoms with Gasteiger partial charge >= 0.3 is 11.4 Å². The Morgan fingerprint density at radius 2 is 1.28 bits per heavy atom. The van der Waals surface area contributed by atoms with Crippen LogP contribution in [0.5, 0.6) is 11.5 Å². The van der Waals surface area contributed by atoms with Crippen molar-refractivity contribution in [2.24, 2.45) is 0 Å². The largest absolute Gasteiger partial charge is 0.504 e. The number of benzene rings is 3. The van der Waals surface area contributed by atoms with Crippen LogP contribution >= 0.6 is 23.2 Å². The lowest BCUT2D eigenvalue weighted by molar-refractivity contribution is -0.386. The van der Waals surface area contributed by atoms with Crippen molar-refractivity contribution in [2.75, 3.05) is 7.11 Å². The molecule has 5 aromatic rings. The minimum absolute atomic E-state index is 0.00906. The van der Waals surface area contributed by atoms with Crippen LogP contribution in [0.2, 0.25) is 10.0 Å². The van der Waals surface area contributed by atoms with E-state index in [0.717, 1.165) is 0 Å². The number of hydrogen-bond acceptors (Lipinski definition) is 10. The normalized spacial score (nSPS) is 12.0. The summed E-state index contributed by atoms with van der Waals surface area (Å²) < 4.78 is 16.7. The molecule has 0 aliphatic heterocycles. The molecule has 0 unspecified atom stereocenters. The number of nitro groups is 2. The Balaban J connectivity index is 1.98. The van der Waals surface area contributed by atoms with E-state index < -0.39 is 27.1 Å². The van der Waals surface area contributed by atoms with Crippen LogP contribution in [-0.4, -0.2) is 32.4 Å². The summed E-state index contributed by atoms with van der Waals surface area (Å²) in [6, 6.07) is 17.9. The molecule has 2 heterocycles. The number of rotatable bonds is 10. The molecule has 0 saturated heterocycles. The number of allylic oxidation sites excluding steroid dienone is 2. The Bertz CT molecular complexity index is 1910. The predicted octanol–water partition coefficient (Wildman–Crippen LogP) is 8.68. The number of aromatic hydroxyl groups is 1. The van der Waals surface area contributed by atoms with Gasteiger partial charge in [-0.25, -0.2) is 0 Å². The van der Waals surface area contributed by atoms with Crippen LogP contribution in [0, 0.1) is 34.1 Å². The number of phenolic OH excluding ortho intramolecular Hbond substituents is 1. The summed E-state index contributed by atoms with van der Waals surface area (Å²) in [5, 5.41) is 43.7. The number of halogens is 2. The highest BCUT2D eigenvalue weighted by Crippen LogP contribution is 2.50. The number of aromatic nitrogens is 2. The number of aryl methyl sites for hydroxylation is 2. The van der Waals surface area contributed by atoms with Crippen LogP contribution in [0.25, 0.3) is 23.3 Å². The standard InChI is InChI=1S/C32H24Cl2N4O8/c1-17-29(37(40)41)31(45-35-17)22(14-19-8-4-6-10-24(19)33)28(21-12-13-26(39)27(16-21)44-3)23(15-20-9-5-7-11-25(20)34)32-30(38(42)43)18(2)36-46-32/h4-16,28,39H,1-3H3/b22-14-,23-15-. The van der Waals surface area contributed by atoms with E-state index in [1.165, 1.54) is 39.2 Å². The van der Waals surface area contributed by atoms with Crippen LogP contribution in [0.3, 0.4) is 0 Å². The maximum Gasteiger partial charge on any atom is 0.339 e. The van der Waals surface area contributed by atoms with Crippen LogP contribution in [0.1, 0.15) is 45.5 Å². The third kappa shape index (κ3) is 6.21. The Labute approximate surface area is 271 Å². The highest BCUT2D eigenvalue weighted by atomic mass is 35.5. The van der Waals surface area contributed by atoms with E-state index in [-0.39, 0.29) is 45.6 Å². The second kappa shape index (κ2) is 13.3. The Kier molecular flexibility index (Phi) is 9.21. The van der Waals surface area contributed by atoms with Gasteiger partial charge in [-0.3, -0.25) is 20.2 Å². The van der Waals surface area contributed by atoms with Gasteiger partial charge in [0.25, 0.3) is 0 Å². The number of phenols is 1. The van der Waals surface area contributed by atoms with Gasteiger partial charge < -0.3 is 18.9 Å². The average molecular weight is 663 g/mol. The molecule has 0 fully saturated rings. The number of methoxy groups -OCH3 is 1. The molecule has 5 rings (SSSR count). The number of hydrogen-bond donors (Lipinski definition) is 1. The first-order valence-corrected chi connectivity index (χ1v) is 14.3. The van der Waals surface area contributed by atoms with Crippen molar-refractivity contribution in [3.63, 3.8) is 0 Å². The summed E-state index contributed by atoms with van der Waals surface area (Å²) in [6.07, 6.45) is 3.13. The fourth-order valence-electron chi connectivity index (χ4n) is 5.02. The molecule has 0 amide bonds. The topological polar surface area (TPSA) is 168 Å². The molecular formula is C32H24Cl2N4O8. The summed E-state index contributed by atoms with van der Waals surface area (Å²) in [7, 11) is 1.35. The molecule has 234 valence electrons. The first-order chi connectivity index (χ1) is 22.0. The zero-order valence-electron chi connectivity index (χ0n) is 24.4. The van der Waals surface area contributed by atoms with Gasteiger partial charge in [0.15, 0.2) is 22.9 Å². The zero-order valence-corrected chi connectivity index (χ0v) is 25.9. The lowest BCUT2D eigenvalue weighted by Crippen LogP contribution is -2.08. The molecule has 12 nitrogen and oxygen atoms in total. The van der Waals surface area contributed by atoms with Crippen LogP contribution in [0.15, 0.2) is 75.8 Å². The summed E-state index contributed by atoms with van der Waals surface area (Å²) in [5.74, 6) is -1.80. The van der Waals surface area contributed by atoms with E-state index in [4.69, 9.17) is 37.0 Å². The van der Waals surface area contributed by atoms with Gasteiger partial charge in [-0.15, -0.1) is 0 Å². The van der Waals surface area contributed by atoms with Crippen LogP contribution in [0.4, 0.5) is 11.4 Å². The fourth-order valence-corrected chi connectivity index (χ4v) is 5.40. The van der Waals surface area contributed by atoms with Crippen LogP contribution < -0.4 is 4.74 Å². The second-order valence-corrected chi connectivity index (χ2v) is 10.8. The van der Waals surface area contributed by atoms with Crippen molar-refractivity contribution >= 4 is 57.9 Å². The molecule has 0 bridgehead atoms. The molecule has 1 N–H and O–H groups in total. The van der Waals surface area contributed by atoms with Crippen molar-refractivity contribution < 1.29 is 28.7 Å². The van der Waals surface area contributed by atoms with Gasteiger partial charge in [-0.05, 0) is 67.0 Å². The van der Waals surface area contributed by atoms with E-state index in [0.29, 0.717) is 26.7 Å². The quantitative estimate of drug-likeness (QED) is 0.113. The van der Waals surface area contributed by atoms with Gasteiger partial charge in [0.1, 0.15) is 0 Å². The van der Waals surface area contributed by atoms with Gasteiger partial charge in [0.2, 0.25) is 11.5 Å². The SMILES string of the molecule is COc1cc(C(/C(=C/c2ccccc2Cl)c2onc(C)c2[N+](=O)[O-])/C(=C/c2ccccc2Cl)c2onc(C)c2[N+](=O)[O-])ccc1O. The average Bonchev–Trinajstić information content (AvgIpc) is 3.61. The highest BCUT2D eigenvalue weighted by molar-refractivity contribution is 6.32. The molecule has 3 aromatic carbocycles. The first-order valence-electron chi connectivity index (χ1n) is 13.5. The third-order valence-corrected chi connectivity index (χ3v) is 7.83. The van der Waals surface area contributed by atoms with Crippen LogP contribution in [-0.2, 0) is 0 Å². The minimum atomic E-state index is -1.17. The minimum Gasteiger partial charge on any atom is -0.504 e. The Morgan fingerprint density at radius 3 is 1.70 bits per heavy atom. The Hall–Kier alpha value is -5.46. The third-order valence-electron chi connectivity index (χ3n) is 7.14. The number of nitrogens with zero attached hydrogens (tertiary/aromatic N) is 4. The maximum atomic E-state index is 12.4. The smallest absolute Gasteiger partial charge is 0.339 e. The monoisotopic (exact) mass is 662 g/mol. The fraction of sp³-hybridized carbons (Fsp3) is 0.125. The molecule has 14 heteroatoms. The summed E-state index contributed by atoms with van der Waals surface area (Å²) in [6.45, 7) is 2.84. The summed E-state index contributed by atoms with van der Waals surface area (Å²) >= 11 is 13.1. The molecule has 0 aliphatic carbocycles. The molecule has 0 atom stereocenters. The van der Waals surface area contributed by atoms with E-state index in [1.54, 1.807) is 60.7 Å². The number of ether oxygens (including phenoxy) is 1. The first kappa shape index (κ1) is 31.9. The zero-order chi connectivity index (χ0) is 33.1. The molecule has 0 radical (unpaired) electrons. The second-order valence-electron chi connectivity index (χ2n) is 10.0. The lowest BCUT2D eigenvalue weighted by atomic mass is 9.79. The van der Waals surface area contributed by atoms with E-state index >= 15 is 0 Å². The molecule has 0 aliphatic rings. The lowest BCUT2D eigenvalue weighted by Gasteiger charge is -2.23. The molecule has 0 saturated carbocycles. The summed E-state index contributed by atoms with van der Waals surface area (Å²) in [4.78, 5) is 23.5. The maximum absolute atomic E-state index is 12.4. The van der Waals surface area contributed by atoms with Gasteiger partial charge in [0, 0.05) is 27.1 Å². The van der Waals surface area contributed by atoms with Crippen molar-refractivity contribution in [3.05, 3.63) is 137 Å². The van der Waals surface area contributed by atoms with Gasteiger partial charge in [-0.2, -0.15) is 0 Å². The van der Waals surface area contributed by atoms with Gasteiger partial charge in [-0.1, -0.05) is 76.0 Å². The van der Waals surface area contributed by atoms with Crippen molar-refractivity contribution in [1.82, 2.24) is 10.3 Å². The van der Waals surface area contributed by atoms with E-state index in [2.05, 4.69) is 10.3 Å². The molecule has 46 heavy (non-hydrogen) atoms. The predicted molar refractivity (Wildman–Crippen MR) is 172 cm³/mol. The highest BCUT2D eigenvalue weighted by Gasteiger charge is 2.39. The van der Waals surface area contributed by atoms with Gasteiger partial charge in [0.05, 0.1) is 17.0 Å². The van der Waals surface area contributed by atoms with E-state index in [9.17, 15) is 25.3 Å². The Morgan fingerprint density at radius 1 is 0.826 bits per heavy atom. The summed E-state index contributed by atoms with van der Waals surface area (Å²) in [5.41, 5.74) is 0.596. The van der Waals surface area contributed by atoms with Crippen molar-refractivity contribution in [3.8, 4) is 11.5 Å². The molecule has 0 spiro atoms.